The SMILES string of the molecule is Cn1cc(Nc2ncc3cnn(Cc4cc(F)cc(N5CC6(COC6)C5)c4)c3n2)cn1. The molecule has 158 valence electrons. The van der Waals surface area contributed by atoms with Crippen LogP contribution in [0.2, 0.25) is 0 Å². The van der Waals surface area contributed by atoms with Gasteiger partial charge in [0.25, 0.3) is 0 Å². The zero-order valence-corrected chi connectivity index (χ0v) is 17.0. The highest BCUT2D eigenvalue weighted by Crippen LogP contribution is 2.40. The van der Waals surface area contributed by atoms with Gasteiger partial charge in [-0.05, 0) is 23.8 Å². The number of benzene rings is 1. The summed E-state index contributed by atoms with van der Waals surface area (Å²) in [7, 11) is 1.84. The van der Waals surface area contributed by atoms with Crippen LogP contribution in [0.4, 0.5) is 21.7 Å². The van der Waals surface area contributed by atoms with Gasteiger partial charge in [0.15, 0.2) is 5.65 Å². The van der Waals surface area contributed by atoms with E-state index in [1.165, 1.54) is 0 Å². The Labute approximate surface area is 177 Å². The molecular weight excluding hydrogens is 399 g/mol. The number of hydrogen-bond acceptors (Lipinski definition) is 7. The van der Waals surface area contributed by atoms with Crippen LogP contribution in [0.25, 0.3) is 11.0 Å². The number of rotatable bonds is 5. The molecular formula is C21H21FN8O. The van der Waals surface area contributed by atoms with Crippen LogP contribution in [0.5, 0.6) is 0 Å². The Hall–Kier alpha value is -3.53. The van der Waals surface area contributed by atoms with E-state index >= 15 is 0 Å². The van der Waals surface area contributed by atoms with E-state index in [1.807, 2.05) is 19.3 Å². The van der Waals surface area contributed by atoms with Gasteiger partial charge in [0.1, 0.15) is 5.82 Å². The monoisotopic (exact) mass is 420 g/mol. The van der Waals surface area contributed by atoms with Crippen molar-refractivity contribution < 1.29 is 9.13 Å². The number of ether oxygens (including phenoxy) is 1. The van der Waals surface area contributed by atoms with Crippen molar-refractivity contribution in [2.75, 3.05) is 36.5 Å². The highest BCUT2D eigenvalue weighted by atomic mass is 19.1. The summed E-state index contributed by atoms with van der Waals surface area (Å²) in [5.74, 6) is 0.208. The van der Waals surface area contributed by atoms with E-state index in [0.29, 0.717) is 18.1 Å². The lowest BCUT2D eigenvalue weighted by molar-refractivity contribution is -0.127. The molecule has 0 atom stereocenters. The number of hydrogen-bond donors (Lipinski definition) is 1. The van der Waals surface area contributed by atoms with Gasteiger partial charge in [0.2, 0.25) is 5.95 Å². The van der Waals surface area contributed by atoms with Gasteiger partial charge in [-0.2, -0.15) is 15.2 Å². The van der Waals surface area contributed by atoms with Crippen molar-refractivity contribution in [1.29, 1.82) is 0 Å². The van der Waals surface area contributed by atoms with E-state index in [0.717, 1.165) is 48.6 Å². The molecule has 1 spiro atoms. The molecule has 9 nitrogen and oxygen atoms in total. The minimum absolute atomic E-state index is 0.247. The summed E-state index contributed by atoms with van der Waals surface area (Å²) in [6.45, 7) is 3.86. The zero-order chi connectivity index (χ0) is 21.0. The Balaban J connectivity index is 1.25. The highest BCUT2D eigenvalue weighted by Gasteiger charge is 2.49. The second-order valence-electron chi connectivity index (χ2n) is 8.47. The first-order valence-corrected chi connectivity index (χ1v) is 10.1. The fraction of sp³-hybridized carbons (Fsp3) is 0.333. The summed E-state index contributed by atoms with van der Waals surface area (Å²) in [4.78, 5) is 11.1. The van der Waals surface area contributed by atoms with Gasteiger partial charge in [-0.15, -0.1) is 0 Å². The minimum atomic E-state index is -0.247. The van der Waals surface area contributed by atoms with Gasteiger partial charge in [-0.25, -0.2) is 14.1 Å². The number of halogens is 1. The third-order valence-electron chi connectivity index (χ3n) is 5.85. The molecule has 0 amide bonds. The third-order valence-corrected chi connectivity index (χ3v) is 5.85. The van der Waals surface area contributed by atoms with Crippen molar-refractivity contribution >= 4 is 28.4 Å². The second-order valence-corrected chi connectivity index (χ2v) is 8.47. The van der Waals surface area contributed by atoms with Crippen LogP contribution < -0.4 is 10.2 Å². The summed E-state index contributed by atoms with van der Waals surface area (Å²) in [6, 6.07) is 5.17. The van der Waals surface area contributed by atoms with E-state index in [-0.39, 0.29) is 11.2 Å². The van der Waals surface area contributed by atoms with Crippen LogP contribution in [0, 0.1) is 11.2 Å². The maximum absolute atomic E-state index is 14.4. The van der Waals surface area contributed by atoms with Crippen LogP contribution in [-0.4, -0.2) is 55.8 Å². The quantitative estimate of drug-likeness (QED) is 0.530. The Bertz CT molecular complexity index is 1270. The molecule has 2 fully saturated rings. The molecule has 1 N–H and O–H groups in total. The van der Waals surface area contributed by atoms with Crippen LogP contribution in [0.15, 0.2) is 43.0 Å². The van der Waals surface area contributed by atoms with E-state index in [2.05, 4.69) is 30.4 Å². The number of aryl methyl sites for hydroxylation is 1. The van der Waals surface area contributed by atoms with Gasteiger partial charge in [0.05, 0.1) is 48.6 Å². The number of aromatic nitrogens is 6. The summed E-state index contributed by atoms with van der Waals surface area (Å²) in [6.07, 6.45) is 6.99. The molecule has 0 unspecified atom stereocenters. The number of nitrogens with one attached hydrogen (secondary N) is 1. The molecule has 5 heterocycles. The van der Waals surface area contributed by atoms with Crippen molar-refractivity contribution in [3.63, 3.8) is 0 Å². The fourth-order valence-corrected chi connectivity index (χ4v) is 4.26. The Morgan fingerprint density at radius 3 is 2.74 bits per heavy atom. The summed E-state index contributed by atoms with van der Waals surface area (Å²) in [5.41, 5.74) is 3.50. The highest BCUT2D eigenvalue weighted by molar-refractivity contribution is 5.75. The summed E-state index contributed by atoms with van der Waals surface area (Å²) >= 11 is 0. The second kappa shape index (κ2) is 6.74. The first kappa shape index (κ1) is 18.3. The zero-order valence-electron chi connectivity index (χ0n) is 17.0. The molecule has 0 saturated carbocycles. The molecule has 3 aromatic heterocycles. The number of fused-ring (bicyclic) bond motifs is 1. The maximum Gasteiger partial charge on any atom is 0.229 e. The lowest BCUT2D eigenvalue weighted by atomic mass is 9.77. The molecule has 0 bridgehead atoms. The Morgan fingerprint density at radius 2 is 2.00 bits per heavy atom. The lowest BCUT2D eigenvalue weighted by Crippen LogP contribution is -2.66. The predicted octanol–water partition coefficient (Wildman–Crippen LogP) is 2.33. The smallest absolute Gasteiger partial charge is 0.229 e. The van der Waals surface area contributed by atoms with E-state index in [4.69, 9.17) is 4.74 Å². The van der Waals surface area contributed by atoms with Crippen molar-refractivity contribution in [3.8, 4) is 0 Å². The summed E-state index contributed by atoms with van der Waals surface area (Å²) in [5, 5.41) is 12.5. The average molecular weight is 420 g/mol. The third kappa shape index (κ3) is 3.28. The average Bonchev–Trinajstić information content (AvgIpc) is 3.25. The minimum Gasteiger partial charge on any atom is -0.380 e. The van der Waals surface area contributed by atoms with E-state index < -0.39 is 0 Å². The van der Waals surface area contributed by atoms with Gasteiger partial charge < -0.3 is 15.0 Å². The van der Waals surface area contributed by atoms with Crippen LogP contribution >= 0.6 is 0 Å². The molecule has 2 aliphatic heterocycles. The standard InChI is InChI=1S/C21H21FN8O/c1-28-9-17(7-24-28)26-20-23-5-15-6-25-30(19(15)27-20)8-14-2-16(22)4-18(3-14)29-10-21(11-29)12-31-13-21/h2-7,9H,8,10-13H2,1H3,(H,23,26,27). The van der Waals surface area contributed by atoms with Gasteiger partial charge in [0, 0.05) is 38.2 Å². The number of nitrogens with zero attached hydrogens (tertiary/aromatic N) is 7. The van der Waals surface area contributed by atoms with Crippen LogP contribution in [0.1, 0.15) is 5.56 Å². The number of anilines is 3. The van der Waals surface area contributed by atoms with Crippen LogP contribution in [0.3, 0.4) is 0 Å². The largest absolute Gasteiger partial charge is 0.380 e. The first-order chi connectivity index (χ1) is 15.1. The molecule has 2 saturated heterocycles. The van der Waals surface area contributed by atoms with Crippen LogP contribution in [-0.2, 0) is 18.3 Å². The Kier molecular flexibility index (Phi) is 3.97. The molecule has 10 heteroatoms. The van der Waals surface area contributed by atoms with Gasteiger partial charge in [-0.3, -0.25) is 4.68 Å². The van der Waals surface area contributed by atoms with Crippen molar-refractivity contribution in [2.45, 2.75) is 6.54 Å². The first-order valence-electron chi connectivity index (χ1n) is 10.1. The molecule has 31 heavy (non-hydrogen) atoms. The van der Waals surface area contributed by atoms with E-state index in [1.54, 1.807) is 40.1 Å². The molecule has 1 aromatic carbocycles. The predicted molar refractivity (Wildman–Crippen MR) is 113 cm³/mol. The van der Waals surface area contributed by atoms with Crippen molar-refractivity contribution in [3.05, 3.63) is 54.4 Å². The molecule has 2 aliphatic rings. The van der Waals surface area contributed by atoms with Gasteiger partial charge in [-0.1, -0.05) is 0 Å². The Morgan fingerprint density at radius 1 is 1.13 bits per heavy atom. The van der Waals surface area contributed by atoms with Gasteiger partial charge >= 0.3 is 0 Å². The fourth-order valence-electron chi connectivity index (χ4n) is 4.26. The normalized spacial score (nSPS) is 17.0. The lowest BCUT2D eigenvalue weighted by Gasteiger charge is -2.56. The maximum atomic E-state index is 14.4. The van der Waals surface area contributed by atoms with Crippen molar-refractivity contribution in [1.82, 2.24) is 29.5 Å². The van der Waals surface area contributed by atoms with Crippen molar-refractivity contribution in [2.24, 2.45) is 12.5 Å². The molecule has 4 aromatic rings. The topological polar surface area (TPSA) is 85.9 Å². The molecule has 0 radical (unpaired) electrons. The van der Waals surface area contributed by atoms with E-state index in [9.17, 15) is 4.39 Å². The summed E-state index contributed by atoms with van der Waals surface area (Å²) < 4.78 is 23.2. The molecule has 0 aliphatic carbocycles. The molecule has 6 rings (SSSR count).